The van der Waals surface area contributed by atoms with E-state index in [0.29, 0.717) is 43.3 Å². The number of carbonyl (C=O) groups excluding carboxylic acids is 1. The minimum absolute atomic E-state index is 0.00666. The van der Waals surface area contributed by atoms with Crippen LogP contribution in [0.15, 0.2) is 42.5 Å². The Kier molecular flexibility index (Phi) is 6.66. The molecule has 0 bridgehead atoms. The van der Waals surface area contributed by atoms with E-state index in [1.807, 2.05) is 0 Å². The van der Waals surface area contributed by atoms with E-state index in [1.165, 1.54) is 30.3 Å². The van der Waals surface area contributed by atoms with Gasteiger partial charge >= 0.3 is 0 Å². The van der Waals surface area contributed by atoms with E-state index in [-0.39, 0.29) is 24.0 Å². The van der Waals surface area contributed by atoms with Crippen LogP contribution in [-0.2, 0) is 11.3 Å². The second-order valence-electron chi connectivity index (χ2n) is 7.05. The molecule has 9 heteroatoms. The average molecular weight is 421 g/mol. The molecule has 1 saturated heterocycles. The van der Waals surface area contributed by atoms with Gasteiger partial charge in [0.05, 0.1) is 11.5 Å². The van der Waals surface area contributed by atoms with Crippen LogP contribution in [0, 0.1) is 15.9 Å². The maximum Gasteiger partial charge on any atom is 0.269 e. The Morgan fingerprint density at radius 3 is 2.45 bits per heavy atom. The Balaban J connectivity index is 1.52. The van der Waals surface area contributed by atoms with E-state index >= 15 is 0 Å². The molecule has 2 aromatic rings. The lowest BCUT2D eigenvalue weighted by atomic mass is 10.2. The van der Waals surface area contributed by atoms with Crippen LogP contribution in [0.3, 0.4) is 0 Å². The number of carbonyl (C=O) groups is 1. The second kappa shape index (κ2) is 9.19. The van der Waals surface area contributed by atoms with Gasteiger partial charge in [0.1, 0.15) is 5.82 Å². The van der Waals surface area contributed by atoms with Crippen molar-refractivity contribution in [2.45, 2.75) is 6.54 Å². The molecule has 0 aliphatic carbocycles. The van der Waals surface area contributed by atoms with Gasteiger partial charge in [-0.15, -0.1) is 0 Å². The molecule has 0 saturated carbocycles. The monoisotopic (exact) mass is 420 g/mol. The molecule has 2 aromatic carbocycles. The van der Waals surface area contributed by atoms with E-state index in [9.17, 15) is 19.3 Å². The first kappa shape index (κ1) is 21.0. The molecule has 0 aromatic heterocycles. The van der Waals surface area contributed by atoms with Crippen LogP contribution in [0.4, 0.5) is 15.8 Å². The van der Waals surface area contributed by atoms with E-state index in [4.69, 9.17) is 11.6 Å². The normalized spacial score (nSPS) is 14.3. The zero-order valence-electron chi connectivity index (χ0n) is 16.1. The molecule has 3 rings (SSSR count). The second-order valence-corrected chi connectivity index (χ2v) is 7.46. The highest BCUT2D eigenvalue weighted by molar-refractivity contribution is 6.31. The summed E-state index contributed by atoms with van der Waals surface area (Å²) >= 11 is 6.14. The topological polar surface area (TPSA) is 69.9 Å². The van der Waals surface area contributed by atoms with Gasteiger partial charge in [-0.25, -0.2) is 4.39 Å². The van der Waals surface area contributed by atoms with E-state index in [1.54, 1.807) is 29.0 Å². The van der Waals surface area contributed by atoms with Crippen molar-refractivity contribution in [2.24, 2.45) is 0 Å². The molecule has 0 N–H and O–H groups in total. The number of nitro benzene ring substituents is 1. The molecule has 1 aliphatic rings. The smallest absolute Gasteiger partial charge is 0.269 e. The first-order chi connectivity index (χ1) is 13.8. The minimum Gasteiger partial charge on any atom is -0.368 e. The molecule has 0 atom stereocenters. The molecule has 0 unspecified atom stereocenters. The number of piperazine rings is 1. The van der Waals surface area contributed by atoms with Crippen molar-refractivity contribution in [3.05, 3.63) is 69.0 Å². The Labute approximate surface area is 173 Å². The summed E-state index contributed by atoms with van der Waals surface area (Å²) in [7, 11) is 1.78. The summed E-state index contributed by atoms with van der Waals surface area (Å²) in [5, 5.41) is 11.4. The third kappa shape index (κ3) is 5.42. The van der Waals surface area contributed by atoms with Crippen LogP contribution in [0.25, 0.3) is 0 Å². The predicted molar refractivity (Wildman–Crippen MR) is 110 cm³/mol. The predicted octanol–water partition coefficient (Wildman–Crippen LogP) is 3.17. The van der Waals surface area contributed by atoms with Crippen LogP contribution in [0.1, 0.15) is 5.56 Å². The molecule has 29 heavy (non-hydrogen) atoms. The number of benzene rings is 2. The molecule has 7 nitrogen and oxygen atoms in total. The van der Waals surface area contributed by atoms with Gasteiger partial charge in [-0.05, 0) is 42.9 Å². The van der Waals surface area contributed by atoms with Crippen LogP contribution in [0.5, 0.6) is 0 Å². The zero-order chi connectivity index (χ0) is 21.0. The summed E-state index contributed by atoms with van der Waals surface area (Å²) in [6.45, 7) is 3.05. The maximum atomic E-state index is 13.1. The highest BCUT2D eigenvalue weighted by Gasteiger charge is 2.22. The van der Waals surface area contributed by atoms with Gasteiger partial charge < -0.3 is 9.80 Å². The van der Waals surface area contributed by atoms with Gasteiger partial charge in [-0.2, -0.15) is 0 Å². The van der Waals surface area contributed by atoms with Crippen molar-refractivity contribution >= 4 is 28.9 Å². The molecule has 1 aliphatic heterocycles. The van der Waals surface area contributed by atoms with Gasteiger partial charge in [0.25, 0.3) is 5.69 Å². The summed E-state index contributed by atoms with van der Waals surface area (Å²) in [6.07, 6.45) is 0. The number of nitrogens with zero attached hydrogens (tertiary/aromatic N) is 4. The Bertz CT molecular complexity index is 886. The molecule has 0 radical (unpaired) electrons. The molecule has 154 valence electrons. The molecular formula is C20H22ClFN4O3. The van der Waals surface area contributed by atoms with Crippen molar-refractivity contribution in [3.8, 4) is 0 Å². The van der Waals surface area contributed by atoms with E-state index in [2.05, 4.69) is 4.90 Å². The summed E-state index contributed by atoms with van der Waals surface area (Å²) in [5.74, 6) is -0.276. The fourth-order valence-electron chi connectivity index (χ4n) is 3.34. The molecule has 1 heterocycles. The number of amides is 1. The lowest BCUT2D eigenvalue weighted by Gasteiger charge is -2.36. The van der Waals surface area contributed by atoms with Crippen LogP contribution < -0.4 is 4.90 Å². The summed E-state index contributed by atoms with van der Waals surface area (Å²) < 4.78 is 13.1. The zero-order valence-corrected chi connectivity index (χ0v) is 16.8. The summed E-state index contributed by atoms with van der Waals surface area (Å²) in [6, 6.07) is 10.6. The lowest BCUT2D eigenvalue weighted by Crippen LogP contribution is -2.51. The summed E-state index contributed by atoms with van der Waals surface area (Å²) in [4.78, 5) is 28.8. The Hall–Kier alpha value is -2.71. The highest BCUT2D eigenvalue weighted by Crippen LogP contribution is 2.23. The first-order valence-corrected chi connectivity index (χ1v) is 9.61. The largest absolute Gasteiger partial charge is 0.368 e. The SMILES string of the molecule is CN(CC(=O)N1CCN(c2ccc(F)cc2)CC1)Cc1cc([N+](=O)[O-])ccc1Cl. The highest BCUT2D eigenvalue weighted by atomic mass is 35.5. The van der Waals surface area contributed by atoms with Crippen molar-refractivity contribution in [1.82, 2.24) is 9.80 Å². The number of halogens is 2. The Morgan fingerprint density at radius 1 is 1.17 bits per heavy atom. The standard InChI is InChI=1S/C20H22ClFN4O3/c1-23(13-15-12-18(26(28)29)6-7-19(15)21)14-20(27)25-10-8-24(9-11-25)17-4-2-16(22)3-5-17/h2-7,12H,8-11,13-14H2,1H3. The van der Waals surface area contributed by atoms with Crippen LogP contribution >= 0.6 is 11.6 Å². The summed E-state index contributed by atoms with van der Waals surface area (Å²) in [5.41, 5.74) is 1.52. The first-order valence-electron chi connectivity index (χ1n) is 9.23. The number of nitro groups is 1. The van der Waals surface area contributed by atoms with Gasteiger partial charge in [-0.1, -0.05) is 11.6 Å². The maximum absolute atomic E-state index is 13.1. The number of hydrogen-bond donors (Lipinski definition) is 0. The van der Waals surface area contributed by atoms with Crippen molar-refractivity contribution in [1.29, 1.82) is 0 Å². The number of anilines is 1. The van der Waals surface area contributed by atoms with Crippen molar-refractivity contribution in [3.63, 3.8) is 0 Å². The number of likely N-dealkylation sites (N-methyl/N-ethyl adjacent to an activating group) is 1. The third-order valence-corrected chi connectivity index (χ3v) is 5.28. The van der Waals surface area contributed by atoms with Crippen LogP contribution in [-0.4, -0.2) is 60.4 Å². The average Bonchev–Trinajstić information content (AvgIpc) is 2.70. The molecule has 1 amide bonds. The van der Waals surface area contributed by atoms with Crippen molar-refractivity contribution in [2.75, 3.05) is 44.7 Å². The van der Waals surface area contributed by atoms with Crippen molar-refractivity contribution < 1.29 is 14.1 Å². The van der Waals surface area contributed by atoms with Gasteiger partial charge in [0, 0.05) is 55.6 Å². The van der Waals surface area contributed by atoms with Gasteiger partial charge in [0.15, 0.2) is 0 Å². The number of non-ortho nitro benzene ring substituents is 1. The fourth-order valence-corrected chi connectivity index (χ4v) is 3.52. The third-order valence-electron chi connectivity index (χ3n) is 4.91. The lowest BCUT2D eigenvalue weighted by molar-refractivity contribution is -0.384. The molecule has 1 fully saturated rings. The van der Waals surface area contributed by atoms with Crippen LogP contribution in [0.2, 0.25) is 5.02 Å². The minimum atomic E-state index is -0.467. The van der Waals surface area contributed by atoms with E-state index in [0.717, 1.165) is 5.69 Å². The molecule has 0 spiro atoms. The quantitative estimate of drug-likeness (QED) is 0.530. The van der Waals surface area contributed by atoms with E-state index < -0.39 is 4.92 Å². The Morgan fingerprint density at radius 2 is 1.83 bits per heavy atom. The van der Waals surface area contributed by atoms with Gasteiger partial charge in [0.2, 0.25) is 5.91 Å². The number of rotatable bonds is 6. The van der Waals surface area contributed by atoms with Gasteiger partial charge in [-0.3, -0.25) is 19.8 Å². The number of hydrogen-bond acceptors (Lipinski definition) is 5. The molecular weight excluding hydrogens is 399 g/mol. The fraction of sp³-hybridized carbons (Fsp3) is 0.350.